The molecular formula is C37H38O5. The third kappa shape index (κ3) is 8.62. The van der Waals surface area contributed by atoms with E-state index in [9.17, 15) is 0 Å². The Morgan fingerprint density at radius 2 is 0.881 bits per heavy atom. The molecule has 0 radical (unpaired) electrons. The standard InChI is InChI=1S/C37H38O5/c1-2-15-33-35(39-25-30-18-9-4-10-19-30)37(41-27-32-22-13-6-14-23-32)36(40-26-31-20-11-5-12-21-31)34(42-33)28-38-24-29-16-7-3-8-17-29/h1,3-14,16-23,33-37H,15,24-28H2/t33-,34-,35+,36-,37-/m1/s1. The second-order valence-corrected chi connectivity index (χ2v) is 10.4. The van der Waals surface area contributed by atoms with Gasteiger partial charge in [0, 0.05) is 6.42 Å². The van der Waals surface area contributed by atoms with Crippen LogP contribution in [-0.4, -0.2) is 37.1 Å². The summed E-state index contributed by atoms with van der Waals surface area (Å²) < 4.78 is 32.7. The van der Waals surface area contributed by atoms with Crippen LogP contribution in [0.15, 0.2) is 121 Å². The Morgan fingerprint density at radius 3 is 1.31 bits per heavy atom. The van der Waals surface area contributed by atoms with Gasteiger partial charge >= 0.3 is 0 Å². The molecule has 0 aliphatic carbocycles. The maximum absolute atomic E-state index is 6.69. The van der Waals surface area contributed by atoms with Crippen LogP contribution >= 0.6 is 0 Å². The van der Waals surface area contributed by atoms with Crippen molar-refractivity contribution in [1.29, 1.82) is 0 Å². The van der Waals surface area contributed by atoms with Gasteiger partial charge in [-0.3, -0.25) is 0 Å². The molecule has 5 nitrogen and oxygen atoms in total. The van der Waals surface area contributed by atoms with E-state index in [4.69, 9.17) is 30.1 Å². The lowest BCUT2D eigenvalue weighted by Crippen LogP contribution is -2.61. The van der Waals surface area contributed by atoms with Crippen LogP contribution in [0.2, 0.25) is 0 Å². The monoisotopic (exact) mass is 562 g/mol. The van der Waals surface area contributed by atoms with Crippen LogP contribution in [0.5, 0.6) is 0 Å². The molecule has 1 aliphatic heterocycles. The summed E-state index contributed by atoms with van der Waals surface area (Å²) in [6, 6.07) is 40.4. The molecule has 0 amide bonds. The van der Waals surface area contributed by atoms with Gasteiger partial charge in [-0.2, -0.15) is 0 Å². The van der Waals surface area contributed by atoms with Crippen LogP contribution in [-0.2, 0) is 50.1 Å². The zero-order valence-corrected chi connectivity index (χ0v) is 23.8. The molecular weight excluding hydrogens is 524 g/mol. The van der Waals surface area contributed by atoms with Crippen molar-refractivity contribution in [1.82, 2.24) is 0 Å². The number of rotatable bonds is 14. The molecule has 1 fully saturated rings. The smallest absolute Gasteiger partial charge is 0.115 e. The maximum atomic E-state index is 6.69. The SMILES string of the molecule is C#CC[C@H]1O[C@H](COCc2ccccc2)[C@@H](OCc2ccccc2)[C@H](OCc2ccccc2)[C@H]1OCc1ccccc1. The molecule has 1 aliphatic rings. The molecule has 1 saturated heterocycles. The molecule has 42 heavy (non-hydrogen) atoms. The fraction of sp³-hybridized carbons (Fsp3) is 0.297. The van der Waals surface area contributed by atoms with Gasteiger partial charge in [0.1, 0.15) is 24.4 Å². The fourth-order valence-corrected chi connectivity index (χ4v) is 5.17. The largest absolute Gasteiger partial charge is 0.374 e. The first-order valence-electron chi connectivity index (χ1n) is 14.5. The van der Waals surface area contributed by atoms with E-state index in [-0.39, 0.29) is 6.10 Å². The average molecular weight is 563 g/mol. The Morgan fingerprint density at radius 1 is 0.500 bits per heavy atom. The molecule has 5 heteroatoms. The van der Waals surface area contributed by atoms with Crippen LogP contribution in [0, 0.1) is 12.3 Å². The molecule has 0 unspecified atom stereocenters. The highest BCUT2D eigenvalue weighted by Crippen LogP contribution is 2.32. The molecule has 4 aromatic carbocycles. The second kappa shape index (κ2) is 16.0. The molecule has 5 rings (SSSR count). The van der Waals surface area contributed by atoms with E-state index in [0.717, 1.165) is 22.3 Å². The van der Waals surface area contributed by atoms with Crippen molar-refractivity contribution in [2.45, 2.75) is 63.4 Å². The molecule has 0 bridgehead atoms. The van der Waals surface area contributed by atoms with Crippen molar-refractivity contribution in [3.63, 3.8) is 0 Å². The average Bonchev–Trinajstić information content (AvgIpc) is 3.05. The topological polar surface area (TPSA) is 46.2 Å². The van der Waals surface area contributed by atoms with Gasteiger partial charge in [0.2, 0.25) is 0 Å². The molecule has 0 saturated carbocycles. The predicted molar refractivity (Wildman–Crippen MR) is 163 cm³/mol. The minimum Gasteiger partial charge on any atom is -0.374 e. The molecule has 216 valence electrons. The van der Waals surface area contributed by atoms with Crippen molar-refractivity contribution in [2.24, 2.45) is 0 Å². The fourth-order valence-electron chi connectivity index (χ4n) is 5.17. The molecule has 1 heterocycles. The van der Waals surface area contributed by atoms with Crippen molar-refractivity contribution in [3.05, 3.63) is 144 Å². The zero-order chi connectivity index (χ0) is 28.8. The Labute approximate surface area is 249 Å². The Balaban J connectivity index is 1.40. The highest BCUT2D eigenvalue weighted by molar-refractivity contribution is 5.16. The number of ether oxygens (including phenoxy) is 5. The van der Waals surface area contributed by atoms with Crippen molar-refractivity contribution >= 4 is 0 Å². The minimum atomic E-state index is -0.459. The van der Waals surface area contributed by atoms with E-state index in [1.54, 1.807) is 0 Å². The highest BCUT2D eigenvalue weighted by Gasteiger charge is 2.48. The van der Waals surface area contributed by atoms with Crippen molar-refractivity contribution in [3.8, 4) is 12.3 Å². The first-order chi connectivity index (χ1) is 20.8. The number of terminal acetylenes is 1. The third-order valence-electron chi connectivity index (χ3n) is 7.30. The molecule has 0 aromatic heterocycles. The van der Waals surface area contributed by atoms with E-state index in [1.165, 1.54) is 0 Å². The summed E-state index contributed by atoms with van der Waals surface area (Å²) in [5.74, 6) is 2.79. The zero-order valence-electron chi connectivity index (χ0n) is 23.8. The number of benzene rings is 4. The van der Waals surface area contributed by atoms with Crippen LogP contribution < -0.4 is 0 Å². The second-order valence-electron chi connectivity index (χ2n) is 10.4. The third-order valence-corrected chi connectivity index (χ3v) is 7.30. The van der Waals surface area contributed by atoms with Gasteiger partial charge in [-0.25, -0.2) is 0 Å². The lowest BCUT2D eigenvalue weighted by atomic mass is 9.92. The quantitative estimate of drug-likeness (QED) is 0.159. The number of hydrogen-bond donors (Lipinski definition) is 0. The van der Waals surface area contributed by atoms with Crippen molar-refractivity contribution in [2.75, 3.05) is 6.61 Å². The summed E-state index contributed by atoms with van der Waals surface area (Å²) in [5, 5.41) is 0. The lowest BCUT2D eigenvalue weighted by Gasteiger charge is -2.46. The summed E-state index contributed by atoms with van der Waals surface area (Å²) in [4.78, 5) is 0. The summed E-state index contributed by atoms with van der Waals surface area (Å²) in [6.07, 6.45) is 4.07. The van der Waals surface area contributed by atoms with Crippen LogP contribution in [0.25, 0.3) is 0 Å². The van der Waals surface area contributed by atoms with Crippen LogP contribution in [0.3, 0.4) is 0 Å². The Bertz CT molecular complexity index is 1340. The highest BCUT2D eigenvalue weighted by atomic mass is 16.6. The van der Waals surface area contributed by atoms with E-state index >= 15 is 0 Å². The first-order valence-corrected chi connectivity index (χ1v) is 14.5. The Kier molecular flexibility index (Phi) is 11.3. The Hall–Kier alpha value is -3.76. The number of hydrogen-bond acceptors (Lipinski definition) is 5. The lowest BCUT2D eigenvalue weighted by molar-refractivity contribution is -0.271. The van der Waals surface area contributed by atoms with Gasteiger partial charge in [0.05, 0.1) is 39.1 Å². The first kappa shape index (κ1) is 29.7. The maximum Gasteiger partial charge on any atom is 0.115 e. The normalized spacial score (nSPS) is 21.9. The van der Waals surface area contributed by atoms with Gasteiger partial charge < -0.3 is 23.7 Å². The van der Waals surface area contributed by atoms with Gasteiger partial charge in [0.25, 0.3) is 0 Å². The minimum absolute atomic E-state index is 0.325. The van der Waals surface area contributed by atoms with Gasteiger partial charge in [-0.1, -0.05) is 121 Å². The predicted octanol–water partition coefficient (Wildman–Crippen LogP) is 6.75. The van der Waals surface area contributed by atoms with E-state index in [1.807, 2.05) is 97.1 Å². The molecule has 5 atom stereocenters. The summed E-state index contributed by atoms with van der Waals surface area (Å²) in [6.45, 7) is 2.01. The van der Waals surface area contributed by atoms with E-state index in [0.29, 0.717) is 39.5 Å². The van der Waals surface area contributed by atoms with Gasteiger partial charge in [-0.15, -0.1) is 12.3 Å². The summed E-state index contributed by atoms with van der Waals surface area (Å²) in [7, 11) is 0. The summed E-state index contributed by atoms with van der Waals surface area (Å²) >= 11 is 0. The van der Waals surface area contributed by atoms with Crippen molar-refractivity contribution < 1.29 is 23.7 Å². The molecule has 0 spiro atoms. The summed E-state index contributed by atoms with van der Waals surface area (Å²) in [5.41, 5.74) is 4.29. The molecule has 4 aromatic rings. The van der Waals surface area contributed by atoms with Crippen LogP contribution in [0.1, 0.15) is 28.7 Å². The van der Waals surface area contributed by atoms with Gasteiger partial charge in [-0.05, 0) is 22.3 Å². The van der Waals surface area contributed by atoms with Crippen LogP contribution in [0.4, 0.5) is 0 Å². The van der Waals surface area contributed by atoms with E-state index < -0.39 is 24.4 Å². The molecule has 0 N–H and O–H groups in total. The van der Waals surface area contributed by atoms with E-state index in [2.05, 4.69) is 30.2 Å². The van der Waals surface area contributed by atoms with Gasteiger partial charge in [0.15, 0.2) is 0 Å².